The molecule has 0 bridgehead atoms. The van der Waals surface area contributed by atoms with Crippen LogP contribution < -0.4 is 11.1 Å². The van der Waals surface area contributed by atoms with Crippen LogP contribution in [-0.4, -0.2) is 24.8 Å². The second kappa shape index (κ2) is 5.65. The van der Waals surface area contributed by atoms with Crippen molar-refractivity contribution in [2.45, 2.75) is 37.8 Å². The molecule has 0 aromatic rings. The number of amides is 1. The second-order valence-corrected chi connectivity index (χ2v) is 3.59. The van der Waals surface area contributed by atoms with Gasteiger partial charge in [-0.15, -0.1) is 0 Å². The number of hydrogen-bond donors (Lipinski definition) is 2. The fraction of sp³-hybridized carbons (Fsp3) is 0.700. The molecule has 0 heterocycles. The largest absolute Gasteiger partial charge is 0.445 e. The van der Waals surface area contributed by atoms with Gasteiger partial charge in [0.1, 0.15) is 6.61 Å². The minimum atomic E-state index is -0.396. The Morgan fingerprint density at radius 3 is 2.93 bits per heavy atom. The molecule has 2 atom stereocenters. The first-order valence-corrected chi connectivity index (χ1v) is 5.04. The van der Waals surface area contributed by atoms with Crippen LogP contribution in [0.15, 0.2) is 12.7 Å². The Morgan fingerprint density at radius 1 is 1.57 bits per heavy atom. The maximum atomic E-state index is 11.2. The van der Waals surface area contributed by atoms with E-state index < -0.39 is 6.09 Å². The number of nitrogens with two attached hydrogens (primary N) is 1. The van der Waals surface area contributed by atoms with Gasteiger partial charge in [0, 0.05) is 12.1 Å². The quantitative estimate of drug-likeness (QED) is 0.669. The number of ether oxygens (including phenoxy) is 1. The summed E-state index contributed by atoms with van der Waals surface area (Å²) >= 11 is 0. The van der Waals surface area contributed by atoms with Gasteiger partial charge in [-0.3, -0.25) is 0 Å². The molecule has 0 aromatic carbocycles. The Balaban J connectivity index is 2.27. The van der Waals surface area contributed by atoms with E-state index in [1.165, 1.54) is 0 Å². The highest BCUT2D eigenvalue weighted by Gasteiger charge is 2.23. The number of carbonyl (C=O) groups is 1. The van der Waals surface area contributed by atoms with Gasteiger partial charge in [0.2, 0.25) is 0 Å². The molecule has 1 amide bonds. The molecule has 0 aromatic heterocycles. The van der Waals surface area contributed by atoms with Crippen molar-refractivity contribution in [3.63, 3.8) is 0 Å². The van der Waals surface area contributed by atoms with Crippen LogP contribution in [0.5, 0.6) is 0 Å². The molecular formula is C10H18N2O2. The number of nitrogens with one attached hydrogen (secondary N) is 1. The van der Waals surface area contributed by atoms with Gasteiger partial charge in [-0.25, -0.2) is 4.79 Å². The van der Waals surface area contributed by atoms with Crippen LogP contribution >= 0.6 is 0 Å². The fourth-order valence-corrected chi connectivity index (χ4v) is 1.67. The molecule has 1 fully saturated rings. The van der Waals surface area contributed by atoms with E-state index in [1.807, 2.05) is 0 Å². The lowest BCUT2D eigenvalue weighted by Gasteiger charge is -2.28. The van der Waals surface area contributed by atoms with Crippen molar-refractivity contribution in [3.05, 3.63) is 12.7 Å². The van der Waals surface area contributed by atoms with Gasteiger partial charge >= 0.3 is 6.09 Å². The molecule has 4 nitrogen and oxygen atoms in total. The maximum Gasteiger partial charge on any atom is 0.407 e. The van der Waals surface area contributed by atoms with Crippen LogP contribution in [0, 0.1) is 0 Å². The first-order chi connectivity index (χ1) is 6.74. The van der Waals surface area contributed by atoms with Crippen molar-refractivity contribution in [2.24, 2.45) is 5.73 Å². The predicted molar refractivity (Wildman–Crippen MR) is 54.9 cm³/mol. The summed E-state index contributed by atoms with van der Waals surface area (Å²) in [6, 6.07) is 0.140. The Bertz CT molecular complexity index is 206. The molecule has 0 radical (unpaired) electrons. The van der Waals surface area contributed by atoms with Crippen molar-refractivity contribution in [2.75, 3.05) is 6.61 Å². The van der Waals surface area contributed by atoms with E-state index in [2.05, 4.69) is 11.9 Å². The average molecular weight is 198 g/mol. The van der Waals surface area contributed by atoms with Gasteiger partial charge in [0.05, 0.1) is 0 Å². The summed E-state index contributed by atoms with van der Waals surface area (Å²) in [6.45, 7) is 3.71. The maximum absolute atomic E-state index is 11.2. The zero-order valence-electron chi connectivity index (χ0n) is 8.37. The molecule has 80 valence electrons. The van der Waals surface area contributed by atoms with E-state index in [-0.39, 0.29) is 18.7 Å². The van der Waals surface area contributed by atoms with Crippen molar-refractivity contribution in [1.29, 1.82) is 0 Å². The molecule has 3 N–H and O–H groups in total. The molecule has 0 aliphatic heterocycles. The summed E-state index contributed by atoms with van der Waals surface area (Å²) in [4.78, 5) is 11.2. The van der Waals surface area contributed by atoms with Gasteiger partial charge in [0.15, 0.2) is 0 Å². The highest BCUT2D eigenvalue weighted by Crippen LogP contribution is 2.16. The molecule has 1 saturated carbocycles. The number of hydrogen-bond acceptors (Lipinski definition) is 3. The lowest BCUT2D eigenvalue weighted by Crippen LogP contribution is -2.49. The van der Waals surface area contributed by atoms with Crippen molar-refractivity contribution < 1.29 is 9.53 Å². The summed E-state index contributed by atoms with van der Waals surface area (Å²) in [7, 11) is 0. The van der Waals surface area contributed by atoms with E-state index in [9.17, 15) is 4.79 Å². The molecule has 0 saturated heterocycles. The third-order valence-electron chi connectivity index (χ3n) is 2.45. The Hall–Kier alpha value is -1.03. The first-order valence-electron chi connectivity index (χ1n) is 5.04. The normalized spacial score (nSPS) is 26.6. The summed E-state index contributed by atoms with van der Waals surface area (Å²) in [5, 5.41) is 2.77. The fourth-order valence-electron chi connectivity index (χ4n) is 1.67. The van der Waals surface area contributed by atoms with Gasteiger partial charge in [-0.2, -0.15) is 0 Å². The van der Waals surface area contributed by atoms with Crippen LogP contribution in [0.2, 0.25) is 0 Å². The van der Waals surface area contributed by atoms with Gasteiger partial charge < -0.3 is 15.8 Å². The lowest BCUT2D eigenvalue weighted by atomic mass is 9.91. The smallest absolute Gasteiger partial charge is 0.407 e. The predicted octanol–water partition coefficient (Wildman–Crippen LogP) is 1.17. The average Bonchev–Trinajstić information content (AvgIpc) is 2.18. The van der Waals surface area contributed by atoms with Gasteiger partial charge in [-0.05, 0) is 12.8 Å². The Kier molecular flexibility index (Phi) is 4.46. The Morgan fingerprint density at radius 2 is 2.29 bits per heavy atom. The van der Waals surface area contributed by atoms with E-state index in [4.69, 9.17) is 10.5 Å². The standard InChI is InChI=1S/C10H18N2O2/c1-2-7-14-10(13)12-9-6-4-3-5-8(9)11/h2,8-9H,1,3-7,11H2,(H,12,13). The Labute approximate surface area is 84.5 Å². The van der Waals surface area contributed by atoms with Crippen molar-refractivity contribution in [3.8, 4) is 0 Å². The summed E-state index contributed by atoms with van der Waals surface area (Å²) < 4.78 is 4.82. The topological polar surface area (TPSA) is 64.3 Å². The molecule has 1 aliphatic carbocycles. The highest BCUT2D eigenvalue weighted by molar-refractivity contribution is 5.67. The third-order valence-corrected chi connectivity index (χ3v) is 2.45. The van der Waals surface area contributed by atoms with Crippen molar-refractivity contribution >= 4 is 6.09 Å². The van der Waals surface area contributed by atoms with Crippen LogP contribution in [0.4, 0.5) is 4.79 Å². The SMILES string of the molecule is C=CCOC(=O)NC1CCCCC1N. The zero-order chi connectivity index (χ0) is 10.4. The van der Waals surface area contributed by atoms with Gasteiger partial charge in [-0.1, -0.05) is 25.5 Å². The number of alkyl carbamates (subject to hydrolysis) is 1. The van der Waals surface area contributed by atoms with Crippen LogP contribution in [0.1, 0.15) is 25.7 Å². The summed E-state index contributed by atoms with van der Waals surface area (Å²) in [5.41, 5.74) is 5.87. The van der Waals surface area contributed by atoms with Crippen LogP contribution in [0.3, 0.4) is 0 Å². The molecule has 2 unspecified atom stereocenters. The third kappa shape index (κ3) is 3.38. The van der Waals surface area contributed by atoms with Crippen molar-refractivity contribution in [1.82, 2.24) is 5.32 Å². The van der Waals surface area contributed by atoms with E-state index in [0.717, 1.165) is 25.7 Å². The molecule has 4 heteroatoms. The van der Waals surface area contributed by atoms with Crippen LogP contribution in [0.25, 0.3) is 0 Å². The van der Waals surface area contributed by atoms with Crippen LogP contribution in [-0.2, 0) is 4.74 Å². The number of rotatable bonds is 3. The molecular weight excluding hydrogens is 180 g/mol. The van der Waals surface area contributed by atoms with E-state index >= 15 is 0 Å². The minimum absolute atomic E-state index is 0.0695. The number of carbonyl (C=O) groups excluding carboxylic acids is 1. The van der Waals surface area contributed by atoms with E-state index in [1.54, 1.807) is 6.08 Å². The summed E-state index contributed by atoms with van der Waals surface area (Å²) in [6.07, 6.45) is 5.35. The molecule has 0 spiro atoms. The zero-order valence-corrected chi connectivity index (χ0v) is 8.37. The molecule has 1 aliphatic rings. The lowest BCUT2D eigenvalue weighted by molar-refractivity contribution is 0.149. The first kappa shape index (κ1) is 11.0. The molecule has 14 heavy (non-hydrogen) atoms. The highest BCUT2D eigenvalue weighted by atomic mass is 16.5. The molecule has 1 rings (SSSR count). The van der Waals surface area contributed by atoms with E-state index in [0.29, 0.717) is 0 Å². The second-order valence-electron chi connectivity index (χ2n) is 3.59. The monoisotopic (exact) mass is 198 g/mol. The van der Waals surface area contributed by atoms with Gasteiger partial charge in [0.25, 0.3) is 0 Å². The summed E-state index contributed by atoms with van der Waals surface area (Å²) in [5.74, 6) is 0. The minimum Gasteiger partial charge on any atom is -0.445 e.